The van der Waals surface area contributed by atoms with Crippen LogP contribution in [0, 0.1) is 11.6 Å². The summed E-state index contributed by atoms with van der Waals surface area (Å²) in [4.78, 5) is 11.9. The lowest BCUT2D eigenvalue weighted by atomic mass is 9.98. The van der Waals surface area contributed by atoms with Gasteiger partial charge in [0.15, 0.2) is 0 Å². The van der Waals surface area contributed by atoms with Crippen LogP contribution in [0.25, 0.3) is 0 Å². The highest BCUT2D eigenvalue weighted by Gasteiger charge is 2.23. The number of benzene rings is 1. The first kappa shape index (κ1) is 15.6. The molecule has 0 aliphatic rings. The Morgan fingerprint density at radius 2 is 1.89 bits per heavy atom. The molecule has 5 heteroatoms. The van der Waals surface area contributed by atoms with Crippen molar-refractivity contribution in [2.45, 2.75) is 38.6 Å². The maximum absolute atomic E-state index is 13.5. The van der Waals surface area contributed by atoms with Crippen LogP contribution in [0.1, 0.15) is 38.2 Å². The third kappa shape index (κ3) is 4.28. The fourth-order valence-corrected chi connectivity index (χ4v) is 1.89. The first-order chi connectivity index (χ1) is 8.97. The van der Waals surface area contributed by atoms with E-state index in [0.29, 0.717) is 12.8 Å². The quantitative estimate of drug-likeness (QED) is 0.834. The molecule has 0 spiro atoms. The number of hydrogen-bond acceptors (Lipinski definition) is 2. The molecule has 0 bridgehead atoms. The number of carbonyl (C=O) groups is 1. The predicted octanol–water partition coefficient (Wildman–Crippen LogP) is 2.35. The van der Waals surface area contributed by atoms with Crippen LogP contribution < -0.4 is 5.32 Å². The van der Waals surface area contributed by atoms with E-state index in [1.165, 1.54) is 13.0 Å². The maximum atomic E-state index is 13.5. The van der Waals surface area contributed by atoms with Crippen molar-refractivity contribution in [1.29, 1.82) is 0 Å². The van der Waals surface area contributed by atoms with E-state index in [4.69, 9.17) is 5.11 Å². The van der Waals surface area contributed by atoms with Gasteiger partial charge in [0.25, 0.3) is 0 Å². The molecule has 106 valence electrons. The smallest absolute Gasteiger partial charge is 0.227 e. The summed E-state index contributed by atoms with van der Waals surface area (Å²) in [6, 6.07) is 3.40. The van der Waals surface area contributed by atoms with E-state index >= 15 is 0 Å². The SMILES string of the molecule is CC(CCCO)NC(=O)C(C)c1c(F)cccc1F. The molecule has 0 fully saturated rings. The van der Waals surface area contributed by atoms with Crippen molar-refractivity contribution < 1.29 is 18.7 Å². The van der Waals surface area contributed by atoms with Crippen molar-refractivity contribution in [2.24, 2.45) is 0 Å². The van der Waals surface area contributed by atoms with Crippen LogP contribution in [-0.4, -0.2) is 23.7 Å². The zero-order valence-corrected chi connectivity index (χ0v) is 11.1. The lowest BCUT2D eigenvalue weighted by Gasteiger charge is -2.18. The fourth-order valence-electron chi connectivity index (χ4n) is 1.89. The second-order valence-corrected chi connectivity index (χ2v) is 4.63. The van der Waals surface area contributed by atoms with Gasteiger partial charge in [0, 0.05) is 18.2 Å². The van der Waals surface area contributed by atoms with Gasteiger partial charge < -0.3 is 10.4 Å². The molecule has 2 N–H and O–H groups in total. The Morgan fingerprint density at radius 3 is 2.42 bits per heavy atom. The van der Waals surface area contributed by atoms with Crippen molar-refractivity contribution in [1.82, 2.24) is 5.32 Å². The Hall–Kier alpha value is -1.49. The van der Waals surface area contributed by atoms with Crippen molar-refractivity contribution in [3.8, 4) is 0 Å². The van der Waals surface area contributed by atoms with E-state index in [9.17, 15) is 13.6 Å². The molecule has 2 unspecified atom stereocenters. The van der Waals surface area contributed by atoms with E-state index in [1.54, 1.807) is 6.92 Å². The highest BCUT2D eigenvalue weighted by atomic mass is 19.1. The van der Waals surface area contributed by atoms with Crippen molar-refractivity contribution in [3.05, 3.63) is 35.4 Å². The summed E-state index contributed by atoms with van der Waals surface area (Å²) in [6.07, 6.45) is 1.19. The molecule has 19 heavy (non-hydrogen) atoms. The van der Waals surface area contributed by atoms with Gasteiger partial charge in [-0.25, -0.2) is 8.78 Å². The highest BCUT2D eigenvalue weighted by Crippen LogP contribution is 2.22. The molecular formula is C14H19F2NO2. The molecule has 2 atom stereocenters. The van der Waals surface area contributed by atoms with Gasteiger partial charge in [-0.1, -0.05) is 6.07 Å². The molecule has 1 aromatic rings. The molecular weight excluding hydrogens is 252 g/mol. The van der Waals surface area contributed by atoms with Gasteiger partial charge in [-0.05, 0) is 38.8 Å². The zero-order valence-electron chi connectivity index (χ0n) is 11.1. The molecule has 0 heterocycles. The Bertz CT molecular complexity index is 417. The van der Waals surface area contributed by atoms with Crippen LogP contribution in [-0.2, 0) is 4.79 Å². The maximum Gasteiger partial charge on any atom is 0.227 e. The molecule has 1 amide bonds. The van der Waals surface area contributed by atoms with E-state index < -0.39 is 23.5 Å². The number of aliphatic hydroxyl groups is 1. The molecule has 0 radical (unpaired) electrons. The molecule has 0 saturated carbocycles. The number of halogens is 2. The lowest BCUT2D eigenvalue weighted by Crippen LogP contribution is -2.36. The Balaban J connectivity index is 2.72. The first-order valence-electron chi connectivity index (χ1n) is 6.32. The molecule has 0 aliphatic carbocycles. The topological polar surface area (TPSA) is 49.3 Å². The molecule has 0 saturated heterocycles. The minimum Gasteiger partial charge on any atom is -0.396 e. The summed E-state index contributed by atoms with van der Waals surface area (Å²) in [7, 11) is 0. The summed E-state index contributed by atoms with van der Waals surface area (Å²) in [5.74, 6) is -2.75. The van der Waals surface area contributed by atoms with Crippen molar-refractivity contribution >= 4 is 5.91 Å². The van der Waals surface area contributed by atoms with Crippen LogP contribution in [0.4, 0.5) is 8.78 Å². The largest absolute Gasteiger partial charge is 0.396 e. The van der Waals surface area contributed by atoms with Crippen molar-refractivity contribution in [2.75, 3.05) is 6.61 Å². The number of carbonyl (C=O) groups excluding carboxylic acids is 1. The first-order valence-corrected chi connectivity index (χ1v) is 6.32. The number of amides is 1. The van der Waals surface area contributed by atoms with Gasteiger partial charge in [0.05, 0.1) is 5.92 Å². The average molecular weight is 271 g/mol. The average Bonchev–Trinajstić information content (AvgIpc) is 2.35. The molecule has 0 aliphatic heterocycles. The number of aliphatic hydroxyl groups excluding tert-OH is 1. The highest BCUT2D eigenvalue weighted by molar-refractivity contribution is 5.83. The Labute approximate surface area is 111 Å². The zero-order chi connectivity index (χ0) is 14.4. The van der Waals surface area contributed by atoms with Gasteiger partial charge >= 0.3 is 0 Å². The minimum absolute atomic E-state index is 0.0533. The van der Waals surface area contributed by atoms with Crippen LogP contribution >= 0.6 is 0 Å². The van der Waals surface area contributed by atoms with Crippen molar-refractivity contribution in [3.63, 3.8) is 0 Å². The number of nitrogens with one attached hydrogen (secondary N) is 1. The summed E-state index contributed by atoms with van der Waals surface area (Å²) in [5.41, 5.74) is -0.214. The molecule has 1 aromatic carbocycles. The van der Waals surface area contributed by atoms with Gasteiger partial charge in [0.2, 0.25) is 5.91 Å². The predicted molar refractivity (Wildman–Crippen MR) is 68.7 cm³/mol. The number of hydrogen-bond donors (Lipinski definition) is 2. The van der Waals surface area contributed by atoms with Crippen LogP contribution in [0.5, 0.6) is 0 Å². The van der Waals surface area contributed by atoms with E-state index in [-0.39, 0.29) is 18.2 Å². The van der Waals surface area contributed by atoms with Gasteiger partial charge in [-0.3, -0.25) is 4.79 Å². The Kier molecular flexibility index (Phi) is 5.89. The summed E-state index contributed by atoms with van der Waals surface area (Å²) in [6.45, 7) is 3.31. The molecule has 1 rings (SSSR count). The summed E-state index contributed by atoms with van der Waals surface area (Å²) < 4.78 is 27.1. The van der Waals surface area contributed by atoms with Gasteiger partial charge in [0.1, 0.15) is 11.6 Å². The monoisotopic (exact) mass is 271 g/mol. The standard InChI is InChI=1S/C14H19F2NO2/c1-9(5-4-8-18)17-14(19)10(2)13-11(15)6-3-7-12(13)16/h3,6-7,9-10,18H,4-5,8H2,1-2H3,(H,17,19). The van der Waals surface area contributed by atoms with Gasteiger partial charge in [-0.15, -0.1) is 0 Å². The van der Waals surface area contributed by atoms with Crippen LogP contribution in [0.2, 0.25) is 0 Å². The van der Waals surface area contributed by atoms with E-state index in [2.05, 4.69) is 5.32 Å². The van der Waals surface area contributed by atoms with E-state index in [0.717, 1.165) is 12.1 Å². The second kappa shape index (κ2) is 7.19. The molecule has 3 nitrogen and oxygen atoms in total. The second-order valence-electron chi connectivity index (χ2n) is 4.63. The Morgan fingerprint density at radius 1 is 1.32 bits per heavy atom. The van der Waals surface area contributed by atoms with E-state index in [1.807, 2.05) is 0 Å². The lowest BCUT2D eigenvalue weighted by molar-refractivity contribution is -0.123. The fraction of sp³-hybridized carbons (Fsp3) is 0.500. The summed E-state index contributed by atoms with van der Waals surface area (Å²) in [5, 5.41) is 11.4. The third-order valence-electron chi connectivity index (χ3n) is 3.01. The summed E-state index contributed by atoms with van der Waals surface area (Å²) >= 11 is 0. The van der Waals surface area contributed by atoms with Crippen LogP contribution in [0.3, 0.4) is 0 Å². The normalized spacial score (nSPS) is 13.9. The van der Waals surface area contributed by atoms with Gasteiger partial charge in [-0.2, -0.15) is 0 Å². The third-order valence-corrected chi connectivity index (χ3v) is 3.01. The van der Waals surface area contributed by atoms with Crippen LogP contribution in [0.15, 0.2) is 18.2 Å². The number of rotatable bonds is 6. The molecule has 0 aromatic heterocycles. The minimum atomic E-state index is -0.891.